The normalized spacial score (nSPS) is 10.5. The lowest BCUT2D eigenvalue weighted by Gasteiger charge is -2.02. The van der Waals surface area contributed by atoms with E-state index in [1.807, 2.05) is 0 Å². The number of nitrogens with two attached hydrogens (primary N) is 1. The lowest BCUT2D eigenvalue weighted by atomic mass is 10.1. The Morgan fingerprint density at radius 2 is 1.76 bits per heavy atom. The lowest BCUT2D eigenvalue weighted by Crippen LogP contribution is -2.06. The number of rotatable bonds is 3. The maximum absolute atomic E-state index is 12.7. The van der Waals surface area contributed by atoms with Crippen LogP contribution in [0.15, 0.2) is 24.3 Å². The van der Waals surface area contributed by atoms with Gasteiger partial charge in [0.2, 0.25) is 5.95 Å². The molecule has 0 aliphatic rings. The molecule has 0 spiro atoms. The van der Waals surface area contributed by atoms with Crippen LogP contribution in [0.4, 0.5) is 10.3 Å². The summed E-state index contributed by atoms with van der Waals surface area (Å²) in [6.45, 7) is 1.78. The minimum Gasteiger partial charge on any atom is -0.368 e. The van der Waals surface area contributed by atoms with E-state index < -0.39 is 0 Å². The van der Waals surface area contributed by atoms with Crippen LogP contribution >= 0.6 is 0 Å². The number of hydrogen-bond acceptors (Lipinski definition) is 4. The highest BCUT2D eigenvalue weighted by Crippen LogP contribution is 2.06. The first kappa shape index (κ1) is 11.4. The van der Waals surface area contributed by atoms with Crippen molar-refractivity contribution in [2.45, 2.75) is 19.8 Å². The average Bonchev–Trinajstić information content (AvgIpc) is 2.27. The highest BCUT2D eigenvalue weighted by atomic mass is 19.1. The molecule has 2 rings (SSSR count). The molecule has 0 radical (unpaired) electrons. The van der Waals surface area contributed by atoms with Gasteiger partial charge in [0.05, 0.1) is 0 Å². The third-order valence-corrected chi connectivity index (χ3v) is 2.36. The fourth-order valence-corrected chi connectivity index (χ4v) is 1.58. The molecule has 0 unspecified atom stereocenters. The summed E-state index contributed by atoms with van der Waals surface area (Å²) in [5.74, 6) is 1.30. The molecule has 2 N–H and O–H groups in total. The average molecular weight is 232 g/mol. The van der Waals surface area contributed by atoms with Crippen molar-refractivity contribution in [3.05, 3.63) is 47.3 Å². The van der Waals surface area contributed by atoms with Crippen molar-refractivity contribution in [1.29, 1.82) is 0 Å². The van der Waals surface area contributed by atoms with Gasteiger partial charge in [-0.2, -0.15) is 9.97 Å². The zero-order valence-corrected chi connectivity index (χ0v) is 9.52. The van der Waals surface area contributed by atoms with E-state index in [1.165, 1.54) is 12.1 Å². The summed E-state index contributed by atoms with van der Waals surface area (Å²) in [5, 5.41) is 0. The zero-order chi connectivity index (χ0) is 12.3. The SMILES string of the molecule is Cc1nc(N)nc(CCc2ccc(F)cc2)n1. The van der Waals surface area contributed by atoms with E-state index in [-0.39, 0.29) is 11.8 Å². The number of aryl methyl sites for hydroxylation is 3. The second-order valence-corrected chi connectivity index (χ2v) is 3.78. The summed E-state index contributed by atoms with van der Waals surface area (Å²) < 4.78 is 12.7. The first-order chi connectivity index (χ1) is 8.13. The number of benzene rings is 1. The van der Waals surface area contributed by atoms with Crippen LogP contribution in [0.5, 0.6) is 0 Å². The summed E-state index contributed by atoms with van der Waals surface area (Å²) in [6.07, 6.45) is 1.42. The van der Waals surface area contributed by atoms with Gasteiger partial charge in [-0.05, 0) is 31.0 Å². The molecule has 88 valence electrons. The third-order valence-electron chi connectivity index (χ3n) is 2.36. The van der Waals surface area contributed by atoms with Gasteiger partial charge in [-0.3, -0.25) is 0 Å². The molecule has 4 nitrogen and oxygen atoms in total. The van der Waals surface area contributed by atoms with Gasteiger partial charge in [0, 0.05) is 6.42 Å². The summed E-state index contributed by atoms with van der Waals surface area (Å²) >= 11 is 0. The van der Waals surface area contributed by atoms with E-state index in [0.717, 1.165) is 12.0 Å². The number of hydrogen-bond donors (Lipinski definition) is 1. The van der Waals surface area contributed by atoms with Crippen LogP contribution in [0.2, 0.25) is 0 Å². The van der Waals surface area contributed by atoms with Gasteiger partial charge in [-0.25, -0.2) is 9.37 Å². The lowest BCUT2D eigenvalue weighted by molar-refractivity contribution is 0.627. The zero-order valence-electron chi connectivity index (χ0n) is 9.52. The molecule has 0 atom stereocenters. The predicted molar refractivity (Wildman–Crippen MR) is 62.8 cm³/mol. The van der Waals surface area contributed by atoms with E-state index in [1.54, 1.807) is 19.1 Å². The molecule has 0 aliphatic heterocycles. The molecular weight excluding hydrogens is 219 g/mol. The Morgan fingerprint density at radius 3 is 2.41 bits per heavy atom. The number of nitrogen functional groups attached to an aromatic ring is 1. The fraction of sp³-hybridized carbons (Fsp3) is 0.250. The van der Waals surface area contributed by atoms with Crippen LogP contribution in [-0.2, 0) is 12.8 Å². The molecule has 1 aromatic carbocycles. The van der Waals surface area contributed by atoms with Crippen molar-refractivity contribution in [3.8, 4) is 0 Å². The Labute approximate surface area is 98.7 Å². The standard InChI is InChI=1S/C12H13FN4/c1-8-15-11(17-12(14)16-8)7-4-9-2-5-10(13)6-3-9/h2-3,5-6H,4,7H2,1H3,(H2,14,15,16,17). The van der Waals surface area contributed by atoms with Crippen LogP contribution in [0, 0.1) is 12.7 Å². The Kier molecular flexibility index (Phi) is 3.27. The molecule has 17 heavy (non-hydrogen) atoms. The maximum Gasteiger partial charge on any atom is 0.223 e. The predicted octanol–water partition coefficient (Wildman–Crippen LogP) is 1.69. The molecule has 0 aliphatic carbocycles. The highest BCUT2D eigenvalue weighted by Gasteiger charge is 2.02. The van der Waals surface area contributed by atoms with E-state index in [0.29, 0.717) is 18.1 Å². The summed E-state index contributed by atoms with van der Waals surface area (Å²) in [5.41, 5.74) is 6.58. The van der Waals surface area contributed by atoms with E-state index in [4.69, 9.17) is 5.73 Å². The number of halogens is 1. The van der Waals surface area contributed by atoms with Crippen molar-refractivity contribution in [2.75, 3.05) is 5.73 Å². The minimum atomic E-state index is -0.228. The van der Waals surface area contributed by atoms with Gasteiger partial charge in [-0.15, -0.1) is 0 Å². The number of anilines is 1. The van der Waals surface area contributed by atoms with Crippen LogP contribution in [0.1, 0.15) is 17.2 Å². The van der Waals surface area contributed by atoms with Crippen LogP contribution < -0.4 is 5.73 Å². The quantitative estimate of drug-likeness (QED) is 0.874. The van der Waals surface area contributed by atoms with Crippen molar-refractivity contribution in [3.63, 3.8) is 0 Å². The highest BCUT2D eigenvalue weighted by molar-refractivity contribution is 5.19. The van der Waals surface area contributed by atoms with Gasteiger partial charge in [0.25, 0.3) is 0 Å². The summed E-state index contributed by atoms with van der Waals surface area (Å²) in [6, 6.07) is 6.41. The topological polar surface area (TPSA) is 64.7 Å². The molecule has 0 fully saturated rings. The molecule has 1 aromatic heterocycles. The maximum atomic E-state index is 12.7. The van der Waals surface area contributed by atoms with E-state index in [2.05, 4.69) is 15.0 Å². The summed E-state index contributed by atoms with van der Waals surface area (Å²) in [7, 11) is 0. The molecule has 5 heteroatoms. The van der Waals surface area contributed by atoms with Crippen molar-refractivity contribution < 1.29 is 4.39 Å². The van der Waals surface area contributed by atoms with Gasteiger partial charge in [-0.1, -0.05) is 12.1 Å². The first-order valence-electron chi connectivity index (χ1n) is 5.35. The smallest absolute Gasteiger partial charge is 0.223 e. The molecule has 0 saturated heterocycles. The van der Waals surface area contributed by atoms with E-state index >= 15 is 0 Å². The second-order valence-electron chi connectivity index (χ2n) is 3.78. The Bertz CT molecular complexity index is 490. The number of aromatic nitrogens is 3. The van der Waals surface area contributed by atoms with Crippen molar-refractivity contribution in [2.24, 2.45) is 0 Å². The van der Waals surface area contributed by atoms with Gasteiger partial charge < -0.3 is 5.73 Å². The fourth-order valence-electron chi connectivity index (χ4n) is 1.58. The largest absolute Gasteiger partial charge is 0.368 e. The number of nitrogens with zero attached hydrogens (tertiary/aromatic N) is 3. The minimum absolute atomic E-state index is 0.228. The molecule has 1 heterocycles. The Morgan fingerprint density at radius 1 is 1.06 bits per heavy atom. The third kappa shape index (κ3) is 3.21. The van der Waals surface area contributed by atoms with E-state index in [9.17, 15) is 4.39 Å². The van der Waals surface area contributed by atoms with Crippen LogP contribution in [0.3, 0.4) is 0 Å². The van der Waals surface area contributed by atoms with Crippen molar-refractivity contribution in [1.82, 2.24) is 15.0 Å². The molecule has 0 amide bonds. The monoisotopic (exact) mass is 232 g/mol. The molecule has 2 aromatic rings. The first-order valence-corrected chi connectivity index (χ1v) is 5.35. The van der Waals surface area contributed by atoms with Gasteiger partial charge >= 0.3 is 0 Å². The second kappa shape index (κ2) is 4.86. The van der Waals surface area contributed by atoms with Crippen LogP contribution in [0.25, 0.3) is 0 Å². The van der Waals surface area contributed by atoms with Gasteiger partial charge in [0.1, 0.15) is 17.5 Å². The Balaban J connectivity index is 2.04. The Hall–Kier alpha value is -2.04. The summed E-state index contributed by atoms with van der Waals surface area (Å²) in [4.78, 5) is 12.1. The van der Waals surface area contributed by atoms with Crippen LogP contribution in [-0.4, -0.2) is 15.0 Å². The molecule has 0 bridgehead atoms. The molecule has 0 saturated carbocycles. The van der Waals surface area contributed by atoms with Gasteiger partial charge in [0.15, 0.2) is 0 Å². The molecular formula is C12H13FN4. The van der Waals surface area contributed by atoms with Crippen molar-refractivity contribution >= 4 is 5.95 Å².